The minimum Gasteiger partial charge on any atom is -0.542 e. The predicted molar refractivity (Wildman–Crippen MR) is 137 cm³/mol. The molecule has 3 saturated heterocycles. The van der Waals surface area contributed by atoms with Crippen LogP contribution in [0.5, 0.6) is 0 Å². The van der Waals surface area contributed by atoms with E-state index in [0.29, 0.717) is 11.7 Å². The monoisotopic (exact) mass is 565 g/mol. The van der Waals surface area contributed by atoms with Crippen LogP contribution in [0.25, 0.3) is 0 Å². The molecule has 2 atom stereocenters. The molecule has 0 unspecified atom stereocenters. The van der Waals surface area contributed by atoms with Crippen molar-refractivity contribution in [2.75, 3.05) is 26.2 Å². The van der Waals surface area contributed by atoms with Crippen molar-refractivity contribution in [3.05, 3.63) is 60.1 Å². The van der Waals surface area contributed by atoms with Gasteiger partial charge in [0.1, 0.15) is 18.3 Å². The van der Waals surface area contributed by atoms with E-state index in [1.807, 2.05) is 0 Å². The van der Waals surface area contributed by atoms with Gasteiger partial charge in [0.15, 0.2) is 6.10 Å². The molecule has 7 nitrogen and oxygen atoms in total. The Morgan fingerprint density at radius 3 is 2.23 bits per heavy atom. The molecule has 10 heteroatoms. The SMILES string of the molecule is O=C(O[C@H]1C[N+]2(CCCc3ccccc3)CCC1CC2)[C@@](O)(c1ccco1)C1CCCCC1.O=C([O-])C(F)(F)F. The van der Waals surface area contributed by atoms with E-state index in [0.717, 1.165) is 75.4 Å². The quantitative estimate of drug-likeness (QED) is 0.382. The Morgan fingerprint density at radius 1 is 1.00 bits per heavy atom. The number of esters is 1. The Bertz CT molecular complexity index is 1090. The number of aliphatic carboxylic acids is 1. The lowest BCUT2D eigenvalue weighted by Gasteiger charge is -2.52. The molecule has 1 saturated carbocycles. The third kappa shape index (κ3) is 7.07. The number of hydrogen-bond donors (Lipinski definition) is 1. The lowest BCUT2D eigenvalue weighted by molar-refractivity contribution is -0.946. The lowest BCUT2D eigenvalue weighted by atomic mass is 9.75. The van der Waals surface area contributed by atoms with E-state index in [2.05, 4.69) is 30.3 Å². The van der Waals surface area contributed by atoms with Crippen molar-refractivity contribution in [3.8, 4) is 0 Å². The second-order valence-electron chi connectivity index (χ2n) is 11.4. The fourth-order valence-electron chi connectivity index (χ4n) is 6.64. The molecular formula is C30H38F3NO6. The van der Waals surface area contributed by atoms with Gasteiger partial charge in [-0.15, -0.1) is 0 Å². The average Bonchev–Trinajstić information content (AvgIpc) is 3.50. The Morgan fingerprint density at radius 2 is 1.65 bits per heavy atom. The number of benzene rings is 1. The Balaban J connectivity index is 0.000000470. The third-order valence-corrected chi connectivity index (χ3v) is 8.88. The van der Waals surface area contributed by atoms with Crippen LogP contribution in [0.4, 0.5) is 13.2 Å². The molecule has 1 aliphatic carbocycles. The summed E-state index contributed by atoms with van der Waals surface area (Å²) in [6.45, 7) is 4.36. The van der Waals surface area contributed by atoms with Gasteiger partial charge in [-0.1, -0.05) is 49.6 Å². The standard InChI is InChI=1S/C28H38NO4.C2HF3O2/c30-27(28(31,26-14-8-20-32-26)24-12-5-2-6-13-24)33-25-21-29(18-15-23(25)16-19-29)17-7-11-22-9-3-1-4-10-22;3-2(4,5)1(6)7/h1,3-4,8-10,14,20,23-25,31H,2,5-7,11-13,15-19,21H2;(H,6,7)/q+1;/p-1/t23?,25-,28-,29?;/m0./s1. The zero-order valence-electron chi connectivity index (χ0n) is 22.6. The number of quaternary nitrogens is 1. The lowest BCUT2D eigenvalue weighted by Crippen LogP contribution is -2.65. The smallest absolute Gasteiger partial charge is 0.430 e. The highest BCUT2D eigenvalue weighted by Crippen LogP contribution is 2.42. The van der Waals surface area contributed by atoms with Gasteiger partial charge in [-0.05, 0) is 37.0 Å². The number of carboxylic acid groups (broad SMARTS) is 1. The molecule has 0 radical (unpaired) electrons. The summed E-state index contributed by atoms with van der Waals surface area (Å²) in [6.07, 6.45) is 5.58. The number of fused-ring (bicyclic) bond motifs is 3. The van der Waals surface area contributed by atoms with Gasteiger partial charge < -0.3 is 28.6 Å². The molecule has 1 N–H and O–H groups in total. The minimum atomic E-state index is -5.19. The van der Waals surface area contributed by atoms with Crippen LogP contribution in [0.3, 0.4) is 0 Å². The molecule has 0 amide bonds. The van der Waals surface area contributed by atoms with Crippen molar-refractivity contribution < 1.29 is 46.6 Å². The molecule has 2 bridgehead atoms. The van der Waals surface area contributed by atoms with Gasteiger partial charge in [-0.2, -0.15) is 13.2 Å². The van der Waals surface area contributed by atoms with Crippen LogP contribution in [0, 0.1) is 11.8 Å². The summed E-state index contributed by atoms with van der Waals surface area (Å²) in [4.78, 5) is 22.4. The number of halogens is 3. The first kappa shape index (κ1) is 30.1. The van der Waals surface area contributed by atoms with Gasteiger partial charge in [0.25, 0.3) is 0 Å². The molecule has 1 aromatic heterocycles. The maximum absolute atomic E-state index is 13.6. The second-order valence-corrected chi connectivity index (χ2v) is 11.4. The molecule has 1 aromatic carbocycles. The van der Waals surface area contributed by atoms with E-state index in [9.17, 15) is 23.1 Å². The molecule has 40 heavy (non-hydrogen) atoms. The summed E-state index contributed by atoms with van der Waals surface area (Å²) in [6, 6.07) is 14.2. The van der Waals surface area contributed by atoms with Crippen LogP contribution in [-0.4, -0.2) is 60.0 Å². The number of carbonyl (C=O) groups excluding carboxylic acids is 2. The number of rotatable bonds is 8. The Labute approximate surface area is 232 Å². The number of aryl methyl sites for hydroxylation is 1. The van der Waals surface area contributed by atoms with Crippen molar-refractivity contribution in [2.45, 2.75) is 75.7 Å². The van der Waals surface area contributed by atoms with Crippen LogP contribution in [0.1, 0.15) is 62.7 Å². The van der Waals surface area contributed by atoms with E-state index >= 15 is 0 Å². The normalized spacial score (nSPS) is 26.3. The maximum atomic E-state index is 13.6. The minimum absolute atomic E-state index is 0.109. The van der Waals surface area contributed by atoms with Crippen molar-refractivity contribution in [3.63, 3.8) is 0 Å². The molecular weight excluding hydrogens is 527 g/mol. The number of ether oxygens (including phenoxy) is 1. The fourth-order valence-corrected chi connectivity index (χ4v) is 6.64. The molecule has 6 rings (SSSR count). The van der Waals surface area contributed by atoms with Crippen LogP contribution < -0.4 is 5.11 Å². The van der Waals surface area contributed by atoms with Crippen molar-refractivity contribution >= 4 is 11.9 Å². The molecule has 220 valence electrons. The highest BCUT2D eigenvalue weighted by molar-refractivity contribution is 5.81. The van der Waals surface area contributed by atoms with Crippen LogP contribution in [-0.2, 0) is 26.3 Å². The first-order valence-corrected chi connectivity index (χ1v) is 14.2. The topological polar surface area (TPSA) is 99.8 Å². The summed E-state index contributed by atoms with van der Waals surface area (Å²) in [5.41, 5.74) is -0.282. The predicted octanol–water partition coefficient (Wildman–Crippen LogP) is 4.13. The maximum Gasteiger partial charge on any atom is 0.430 e. The highest BCUT2D eigenvalue weighted by Gasteiger charge is 2.53. The van der Waals surface area contributed by atoms with Gasteiger partial charge in [-0.25, -0.2) is 4.79 Å². The van der Waals surface area contributed by atoms with Gasteiger partial charge in [0, 0.05) is 31.1 Å². The van der Waals surface area contributed by atoms with E-state index in [-0.39, 0.29) is 12.0 Å². The molecule has 4 fully saturated rings. The summed E-state index contributed by atoms with van der Waals surface area (Å²) < 4.78 is 44.4. The van der Waals surface area contributed by atoms with E-state index in [4.69, 9.17) is 19.1 Å². The van der Waals surface area contributed by atoms with Gasteiger partial charge in [-0.3, -0.25) is 0 Å². The summed E-state index contributed by atoms with van der Waals surface area (Å²) in [7, 11) is 0. The average molecular weight is 566 g/mol. The molecule has 2 aromatic rings. The van der Waals surface area contributed by atoms with E-state index < -0.39 is 23.7 Å². The van der Waals surface area contributed by atoms with Gasteiger partial charge in [0.2, 0.25) is 5.60 Å². The largest absolute Gasteiger partial charge is 0.542 e. The third-order valence-electron chi connectivity index (χ3n) is 8.88. The van der Waals surface area contributed by atoms with Crippen LogP contribution in [0.15, 0.2) is 53.1 Å². The first-order chi connectivity index (χ1) is 19.0. The zero-order valence-corrected chi connectivity index (χ0v) is 22.6. The summed E-state index contributed by atoms with van der Waals surface area (Å²) in [5.74, 6) is -2.89. The number of carbonyl (C=O) groups is 2. The Kier molecular flexibility index (Phi) is 9.61. The summed E-state index contributed by atoms with van der Waals surface area (Å²) >= 11 is 0. The molecule has 4 heterocycles. The Hall–Kier alpha value is -2.85. The van der Waals surface area contributed by atoms with Gasteiger partial charge in [0.05, 0.1) is 25.9 Å². The number of aliphatic hydroxyl groups is 1. The number of alkyl halides is 3. The zero-order chi connectivity index (χ0) is 28.8. The summed E-state index contributed by atoms with van der Waals surface area (Å²) in [5, 5.41) is 20.5. The number of furan rings is 1. The molecule has 3 aliphatic heterocycles. The van der Waals surface area contributed by atoms with Crippen molar-refractivity contribution in [2.24, 2.45) is 11.8 Å². The highest BCUT2D eigenvalue weighted by atomic mass is 19.4. The number of hydrogen-bond acceptors (Lipinski definition) is 6. The fraction of sp³-hybridized carbons (Fsp3) is 0.600. The molecule has 4 aliphatic rings. The van der Waals surface area contributed by atoms with Crippen molar-refractivity contribution in [1.29, 1.82) is 0 Å². The second kappa shape index (κ2) is 12.8. The van der Waals surface area contributed by atoms with E-state index in [1.54, 1.807) is 12.1 Å². The first-order valence-electron chi connectivity index (χ1n) is 14.2. The number of nitrogens with zero attached hydrogens (tertiary/aromatic N) is 1. The van der Waals surface area contributed by atoms with E-state index in [1.165, 1.54) is 24.9 Å². The van der Waals surface area contributed by atoms with Crippen LogP contribution >= 0.6 is 0 Å². The number of piperidine rings is 3. The van der Waals surface area contributed by atoms with Crippen LogP contribution in [0.2, 0.25) is 0 Å². The van der Waals surface area contributed by atoms with Gasteiger partial charge >= 0.3 is 12.1 Å². The van der Waals surface area contributed by atoms with Crippen molar-refractivity contribution in [1.82, 2.24) is 0 Å². The number of carboxylic acids is 1. The molecule has 0 spiro atoms.